The van der Waals surface area contributed by atoms with Crippen LogP contribution >= 0.6 is 0 Å². The summed E-state index contributed by atoms with van der Waals surface area (Å²) < 4.78 is 59.6. The number of imidazole rings is 1. The lowest BCUT2D eigenvalue weighted by Crippen LogP contribution is -2.37. The van der Waals surface area contributed by atoms with Gasteiger partial charge in [-0.05, 0) is 67.1 Å². The van der Waals surface area contributed by atoms with Gasteiger partial charge in [0.15, 0.2) is 11.3 Å². The van der Waals surface area contributed by atoms with Crippen LogP contribution in [0.25, 0.3) is 5.65 Å². The normalized spacial score (nSPS) is 18.1. The fourth-order valence-corrected chi connectivity index (χ4v) is 5.39. The topological polar surface area (TPSA) is 127 Å². The summed E-state index contributed by atoms with van der Waals surface area (Å²) in [6, 6.07) is 1.05. The standard InChI is InChI=1S/C27H33F4N7O3/c28-9-5-16(6-10-29)12-22(39)32-13-17-11-21-34-20(15-38(21)33-14-17)23(19-3-7-27(30,31)8-4-19)35-26(40)25-24(18-1-2-18)36-41-37-25/h11,14-16,18-19,23H,1-10,12-13H2,(H,32,39)(H,35,40)/t23-/m0/s1. The lowest BCUT2D eigenvalue weighted by atomic mass is 9.81. The molecule has 0 aliphatic heterocycles. The molecule has 2 fully saturated rings. The molecule has 5 rings (SSSR count). The van der Waals surface area contributed by atoms with Crippen molar-refractivity contribution in [2.75, 3.05) is 13.3 Å². The second-order valence-electron chi connectivity index (χ2n) is 11.1. The van der Waals surface area contributed by atoms with Gasteiger partial charge in [0.1, 0.15) is 5.69 Å². The van der Waals surface area contributed by atoms with Gasteiger partial charge in [-0.3, -0.25) is 18.4 Å². The zero-order valence-corrected chi connectivity index (χ0v) is 22.5. The molecular formula is C27H33F4N7O3. The molecule has 0 bridgehead atoms. The minimum atomic E-state index is -2.74. The van der Waals surface area contributed by atoms with Gasteiger partial charge in [-0.15, -0.1) is 0 Å². The highest BCUT2D eigenvalue weighted by molar-refractivity contribution is 5.93. The van der Waals surface area contributed by atoms with Gasteiger partial charge in [0.05, 0.1) is 37.5 Å². The number of rotatable bonds is 13. The Balaban J connectivity index is 1.31. The van der Waals surface area contributed by atoms with Gasteiger partial charge in [0, 0.05) is 31.7 Å². The monoisotopic (exact) mass is 579 g/mol. The van der Waals surface area contributed by atoms with Gasteiger partial charge in [0.2, 0.25) is 11.8 Å². The quantitative estimate of drug-likeness (QED) is 0.283. The van der Waals surface area contributed by atoms with Crippen molar-refractivity contribution in [2.24, 2.45) is 11.8 Å². The molecule has 0 radical (unpaired) electrons. The summed E-state index contributed by atoms with van der Waals surface area (Å²) in [6.45, 7) is -1.07. The minimum absolute atomic E-state index is 0.0301. The molecule has 10 nitrogen and oxygen atoms in total. The maximum absolute atomic E-state index is 14.0. The van der Waals surface area contributed by atoms with E-state index in [4.69, 9.17) is 4.63 Å². The number of aromatic nitrogens is 5. The molecule has 0 unspecified atom stereocenters. The number of nitrogens with zero attached hydrogens (tertiary/aromatic N) is 5. The number of halogens is 4. The first kappa shape index (κ1) is 28.9. The van der Waals surface area contributed by atoms with Gasteiger partial charge < -0.3 is 10.6 Å². The van der Waals surface area contributed by atoms with Crippen molar-refractivity contribution in [3.8, 4) is 0 Å². The van der Waals surface area contributed by atoms with Crippen LogP contribution < -0.4 is 10.6 Å². The van der Waals surface area contributed by atoms with Crippen molar-refractivity contribution in [3.63, 3.8) is 0 Å². The molecule has 2 N–H and O–H groups in total. The van der Waals surface area contributed by atoms with Gasteiger partial charge >= 0.3 is 0 Å². The maximum atomic E-state index is 14.0. The second kappa shape index (κ2) is 12.5. The maximum Gasteiger partial charge on any atom is 0.276 e. The molecule has 2 aliphatic rings. The number of hydrogen-bond donors (Lipinski definition) is 2. The molecule has 0 aromatic carbocycles. The second-order valence-corrected chi connectivity index (χ2v) is 11.1. The Labute approximate surface area is 233 Å². The third kappa shape index (κ3) is 7.20. The van der Waals surface area contributed by atoms with E-state index in [9.17, 15) is 27.2 Å². The van der Waals surface area contributed by atoms with Gasteiger partial charge in [0.25, 0.3) is 5.91 Å². The van der Waals surface area contributed by atoms with E-state index in [1.807, 2.05) is 0 Å². The van der Waals surface area contributed by atoms with E-state index in [2.05, 4.69) is 31.0 Å². The summed E-state index contributed by atoms with van der Waals surface area (Å²) >= 11 is 0. The minimum Gasteiger partial charge on any atom is -0.352 e. The van der Waals surface area contributed by atoms with E-state index in [1.165, 1.54) is 4.52 Å². The zero-order chi connectivity index (χ0) is 29.0. The molecule has 0 spiro atoms. The molecule has 2 saturated carbocycles. The van der Waals surface area contributed by atoms with Crippen LogP contribution in [0.15, 0.2) is 23.1 Å². The number of hydrogen-bond acceptors (Lipinski definition) is 7. The Morgan fingerprint density at radius 3 is 2.51 bits per heavy atom. The number of alkyl halides is 4. The molecule has 0 saturated heterocycles. The summed E-state index contributed by atoms with van der Waals surface area (Å²) in [4.78, 5) is 30.2. The smallest absolute Gasteiger partial charge is 0.276 e. The lowest BCUT2D eigenvalue weighted by molar-refractivity contribution is -0.122. The van der Waals surface area contributed by atoms with Crippen molar-refractivity contribution in [2.45, 2.75) is 82.2 Å². The summed E-state index contributed by atoms with van der Waals surface area (Å²) in [5, 5.41) is 17.7. The Morgan fingerprint density at radius 1 is 1.10 bits per heavy atom. The summed E-state index contributed by atoms with van der Waals surface area (Å²) in [5.41, 5.74) is 2.16. The first-order chi connectivity index (χ1) is 19.8. The Hall–Kier alpha value is -3.58. The van der Waals surface area contributed by atoms with Gasteiger partial charge in [-0.2, -0.15) is 5.10 Å². The van der Waals surface area contributed by atoms with Crippen molar-refractivity contribution < 1.29 is 31.8 Å². The van der Waals surface area contributed by atoms with E-state index in [-0.39, 0.29) is 80.8 Å². The number of carbonyl (C=O) groups excluding carboxylic acids is 2. The van der Waals surface area contributed by atoms with E-state index in [1.54, 1.807) is 18.5 Å². The Kier molecular flexibility index (Phi) is 8.83. The highest BCUT2D eigenvalue weighted by atomic mass is 19.3. The van der Waals surface area contributed by atoms with E-state index < -0.39 is 31.2 Å². The van der Waals surface area contributed by atoms with Crippen molar-refractivity contribution in [1.29, 1.82) is 0 Å². The predicted octanol–water partition coefficient (Wildman–Crippen LogP) is 4.63. The molecule has 41 heavy (non-hydrogen) atoms. The molecule has 222 valence electrons. The van der Waals surface area contributed by atoms with Crippen molar-refractivity contribution >= 4 is 17.5 Å². The third-order valence-corrected chi connectivity index (χ3v) is 7.93. The molecular weight excluding hydrogens is 546 g/mol. The van der Waals surface area contributed by atoms with Crippen LogP contribution in [0.2, 0.25) is 0 Å². The average Bonchev–Trinajstić information content (AvgIpc) is 3.50. The van der Waals surface area contributed by atoms with Crippen LogP contribution in [0.3, 0.4) is 0 Å². The molecule has 2 aliphatic carbocycles. The first-order valence-corrected chi connectivity index (χ1v) is 14.0. The van der Waals surface area contributed by atoms with Crippen LogP contribution in [-0.4, -0.2) is 56.0 Å². The molecule has 3 aromatic rings. The van der Waals surface area contributed by atoms with Crippen LogP contribution in [0.5, 0.6) is 0 Å². The summed E-state index contributed by atoms with van der Waals surface area (Å²) in [6.07, 6.45) is 5.13. The van der Waals surface area contributed by atoms with Crippen LogP contribution in [0.4, 0.5) is 17.6 Å². The van der Waals surface area contributed by atoms with E-state index in [0.29, 0.717) is 22.6 Å². The van der Waals surface area contributed by atoms with Crippen LogP contribution in [-0.2, 0) is 11.3 Å². The number of carbonyl (C=O) groups is 2. The third-order valence-electron chi connectivity index (χ3n) is 7.93. The molecule has 1 atom stereocenters. The van der Waals surface area contributed by atoms with E-state index in [0.717, 1.165) is 12.8 Å². The highest BCUT2D eigenvalue weighted by Crippen LogP contribution is 2.42. The molecule has 3 aromatic heterocycles. The fraction of sp³-hybridized carbons (Fsp3) is 0.630. The SMILES string of the molecule is O=C(CC(CCF)CCF)NCc1cnn2cc([C@@H](NC(=O)c3nonc3C3CC3)C3CCC(F)(F)CC3)nc2c1. The summed E-state index contributed by atoms with van der Waals surface area (Å²) in [7, 11) is 0. The average molecular weight is 580 g/mol. The van der Waals surface area contributed by atoms with E-state index >= 15 is 0 Å². The number of fused-ring (bicyclic) bond motifs is 1. The molecule has 3 heterocycles. The van der Waals surface area contributed by atoms with Gasteiger partial charge in [-0.1, -0.05) is 5.16 Å². The highest BCUT2D eigenvalue weighted by Gasteiger charge is 2.40. The number of nitrogens with one attached hydrogen (secondary N) is 2. The van der Waals surface area contributed by atoms with Crippen LogP contribution in [0.1, 0.15) is 97.2 Å². The molecule has 2 amide bonds. The largest absolute Gasteiger partial charge is 0.352 e. The number of amides is 2. The first-order valence-electron chi connectivity index (χ1n) is 14.0. The van der Waals surface area contributed by atoms with Crippen molar-refractivity contribution in [3.05, 3.63) is 41.1 Å². The van der Waals surface area contributed by atoms with Crippen molar-refractivity contribution in [1.82, 2.24) is 35.5 Å². The lowest BCUT2D eigenvalue weighted by Gasteiger charge is -2.33. The Morgan fingerprint density at radius 2 is 1.83 bits per heavy atom. The van der Waals surface area contributed by atoms with Gasteiger partial charge in [-0.25, -0.2) is 22.9 Å². The fourth-order valence-electron chi connectivity index (χ4n) is 5.39. The Bertz CT molecular complexity index is 1340. The zero-order valence-electron chi connectivity index (χ0n) is 22.5. The molecule has 14 heteroatoms. The summed E-state index contributed by atoms with van der Waals surface area (Å²) in [5.74, 6) is -4.06. The van der Waals surface area contributed by atoms with Crippen LogP contribution in [0, 0.1) is 11.8 Å². The predicted molar refractivity (Wildman–Crippen MR) is 138 cm³/mol.